The van der Waals surface area contributed by atoms with Gasteiger partial charge in [-0.15, -0.1) is 0 Å². The maximum atomic E-state index is 5.18. The van der Waals surface area contributed by atoms with Gasteiger partial charge in [0.15, 0.2) is 5.96 Å². The second-order valence-corrected chi connectivity index (χ2v) is 5.77. The first-order valence-electron chi connectivity index (χ1n) is 7.32. The number of rotatable bonds is 8. The van der Waals surface area contributed by atoms with Crippen LogP contribution in [0.1, 0.15) is 18.9 Å². The van der Waals surface area contributed by atoms with Gasteiger partial charge in [0.2, 0.25) is 0 Å². The maximum absolute atomic E-state index is 5.18. The molecule has 0 spiro atoms. The van der Waals surface area contributed by atoms with E-state index >= 15 is 0 Å². The summed E-state index contributed by atoms with van der Waals surface area (Å²) in [6.07, 6.45) is 3.25. The molecule has 0 aliphatic heterocycles. The molecular formula is C16H27N3OS. The van der Waals surface area contributed by atoms with Crippen LogP contribution in [0.25, 0.3) is 0 Å². The Balaban J connectivity index is 2.59. The van der Waals surface area contributed by atoms with Crippen LogP contribution in [0, 0.1) is 0 Å². The van der Waals surface area contributed by atoms with E-state index in [-0.39, 0.29) is 0 Å². The predicted molar refractivity (Wildman–Crippen MR) is 93.4 cm³/mol. The first-order chi connectivity index (χ1) is 10.2. The Morgan fingerprint density at radius 3 is 2.62 bits per heavy atom. The predicted octanol–water partition coefficient (Wildman–Crippen LogP) is 2.85. The van der Waals surface area contributed by atoms with Gasteiger partial charge < -0.3 is 15.0 Å². The number of thioether (sulfide) groups is 1. The molecule has 0 heterocycles. The van der Waals surface area contributed by atoms with Crippen LogP contribution in [0.5, 0.6) is 5.75 Å². The number of aliphatic imine (C=N–C) groups is 1. The number of benzene rings is 1. The van der Waals surface area contributed by atoms with E-state index < -0.39 is 0 Å². The van der Waals surface area contributed by atoms with E-state index in [2.05, 4.69) is 47.6 Å². The molecule has 0 unspecified atom stereocenters. The number of methoxy groups -OCH3 is 1. The van der Waals surface area contributed by atoms with Crippen molar-refractivity contribution in [1.82, 2.24) is 10.2 Å². The smallest absolute Gasteiger partial charge is 0.193 e. The van der Waals surface area contributed by atoms with Crippen molar-refractivity contribution in [2.75, 3.05) is 39.3 Å². The highest BCUT2D eigenvalue weighted by molar-refractivity contribution is 7.98. The summed E-state index contributed by atoms with van der Waals surface area (Å²) in [5, 5.41) is 3.35. The van der Waals surface area contributed by atoms with Crippen LogP contribution in [0.4, 0.5) is 0 Å². The van der Waals surface area contributed by atoms with E-state index in [1.807, 2.05) is 23.9 Å². The van der Waals surface area contributed by atoms with Crippen molar-refractivity contribution < 1.29 is 4.74 Å². The molecule has 1 N–H and O–H groups in total. The second-order valence-electron chi connectivity index (χ2n) is 4.79. The molecule has 0 aliphatic carbocycles. The van der Waals surface area contributed by atoms with Gasteiger partial charge in [0.1, 0.15) is 5.75 Å². The van der Waals surface area contributed by atoms with Gasteiger partial charge in [-0.3, -0.25) is 4.99 Å². The molecule has 0 saturated carbocycles. The Hall–Kier alpha value is -1.36. The second kappa shape index (κ2) is 10.4. The molecule has 0 amide bonds. The third-order valence-corrected chi connectivity index (χ3v) is 3.74. The number of hydrogen-bond acceptors (Lipinski definition) is 3. The first-order valence-corrected chi connectivity index (χ1v) is 8.72. The van der Waals surface area contributed by atoms with Gasteiger partial charge in [0.25, 0.3) is 0 Å². The Kier molecular flexibility index (Phi) is 8.74. The van der Waals surface area contributed by atoms with Crippen molar-refractivity contribution in [3.63, 3.8) is 0 Å². The minimum atomic E-state index is 0.832. The molecule has 118 valence electrons. The van der Waals surface area contributed by atoms with Crippen molar-refractivity contribution >= 4 is 17.7 Å². The third kappa shape index (κ3) is 6.76. The quantitative estimate of drug-likeness (QED) is 0.455. The summed E-state index contributed by atoms with van der Waals surface area (Å²) >= 11 is 1.87. The van der Waals surface area contributed by atoms with Crippen LogP contribution in [0.15, 0.2) is 29.3 Å². The molecule has 0 bridgehead atoms. The van der Waals surface area contributed by atoms with E-state index in [1.54, 1.807) is 7.11 Å². The van der Waals surface area contributed by atoms with Gasteiger partial charge in [-0.2, -0.15) is 11.8 Å². The van der Waals surface area contributed by atoms with Crippen molar-refractivity contribution in [3.8, 4) is 5.75 Å². The lowest BCUT2D eigenvalue weighted by molar-refractivity contribution is 0.414. The average molecular weight is 309 g/mol. The van der Waals surface area contributed by atoms with Gasteiger partial charge in [0, 0.05) is 26.7 Å². The van der Waals surface area contributed by atoms with Crippen LogP contribution in [0.2, 0.25) is 0 Å². The minimum Gasteiger partial charge on any atom is -0.497 e. The molecule has 4 nitrogen and oxygen atoms in total. The highest BCUT2D eigenvalue weighted by Crippen LogP contribution is 2.12. The summed E-state index contributed by atoms with van der Waals surface area (Å²) in [6.45, 7) is 4.68. The van der Waals surface area contributed by atoms with E-state index in [4.69, 9.17) is 4.74 Å². The Labute approximate surface area is 133 Å². The summed E-state index contributed by atoms with van der Waals surface area (Å²) in [5.74, 6) is 3.01. The zero-order valence-corrected chi connectivity index (χ0v) is 14.4. The number of ether oxygens (including phenoxy) is 1. The highest BCUT2D eigenvalue weighted by Gasteiger charge is 2.06. The molecule has 21 heavy (non-hydrogen) atoms. The maximum Gasteiger partial charge on any atom is 0.193 e. The zero-order valence-electron chi connectivity index (χ0n) is 13.6. The SMILES string of the molecule is CCNC(=NCCCSC)N(C)Cc1ccc(OC)cc1. The minimum absolute atomic E-state index is 0.832. The standard InChI is InChI=1S/C16H27N3OS/c1-5-17-16(18-11-6-12-21-4)19(2)13-14-7-9-15(20-3)10-8-14/h7-10H,5-6,11-13H2,1-4H3,(H,17,18). The lowest BCUT2D eigenvalue weighted by Gasteiger charge is -2.22. The van der Waals surface area contributed by atoms with Gasteiger partial charge in [-0.25, -0.2) is 0 Å². The van der Waals surface area contributed by atoms with Crippen LogP contribution in [-0.2, 0) is 6.54 Å². The number of guanidine groups is 1. The molecular weight excluding hydrogens is 282 g/mol. The molecule has 0 aromatic heterocycles. The molecule has 1 aromatic rings. The summed E-state index contributed by atoms with van der Waals surface area (Å²) in [4.78, 5) is 6.83. The summed E-state index contributed by atoms with van der Waals surface area (Å²) in [5.41, 5.74) is 1.24. The number of nitrogens with one attached hydrogen (secondary N) is 1. The molecule has 1 rings (SSSR count). The molecule has 0 radical (unpaired) electrons. The van der Waals surface area contributed by atoms with Crippen LogP contribution < -0.4 is 10.1 Å². The van der Waals surface area contributed by atoms with Crippen LogP contribution in [0.3, 0.4) is 0 Å². The Bertz CT molecular complexity index is 420. The topological polar surface area (TPSA) is 36.9 Å². The number of hydrogen-bond donors (Lipinski definition) is 1. The van der Waals surface area contributed by atoms with Crippen LogP contribution in [-0.4, -0.2) is 50.1 Å². The summed E-state index contributed by atoms with van der Waals surface area (Å²) in [6, 6.07) is 8.16. The van der Waals surface area contributed by atoms with E-state index in [1.165, 1.54) is 5.56 Å². The summed E-state index contributed by atoms with van der Waals surface area (Å²) in [7, 11) is 3.76. The molecule has 0 saturated heterocycles. The monoisotopic (exact) mass is 309 g/mol. The van der Waals surface area contributed by atoms with Crippen molar-refractivity contribution in [1.29, 1.82) is 0 Å². The molecule has 1 aromatic carbocycles. The molecule has 0 fully saturated rings. The summed E-state index contributed by atoms with van der Waals surface area (Å²) < 4.78 is 5.18. The fourth-order valence-electron chi connectivity index (χ4n) is 1.94. The van der Waals surface area contributed by atoms with Crippen LogP contribution >= 0.6 is 11.8 Å². The van der Waals surface area contributed by atoms with Crippen molar-refractivity contribution in [2.45, 2.75) is 19.9 Å². The van der Waals surface area contributed by atoms with Gasteiger partial charge in [-0.05, 0) is 43.0 Å². The molecule has 5 heteroatoms. The van der Waals surface area contributed by atoms with Gasteiger partial charge in [0.05, 0.1) is 7.11 Å². The third-order valence-electron chi connectivity index (χ3n) is 3.04. The highest BCUT2D eigenvalue weighted by atomic mass is 32.2. The fourth-order valence-corrected chi connectivity index (χ4v) is 2.36. The van der Waals surface area contributed by atoms with Gasteiger partial charge >= 0.3 is 0 Å². The largest absolute Gasteiger partial charge is 0.497 e. The van der Waals surface area contributed by atoms with Gasteiger partial charge in [-0.1, -0.05) is 12.1 Å². The van der Waals surface area contributed by atoms with Crippen molar-refractivity contribution in [3.05, 3.63) is 29.8 Å². The lowest BCUT2D eigenvalue weighted by Crippen LogP contribution is -2.38. The average Bonchev–Trinajstić information content (AvgIpc) is 2.51. The van der Waals surface area contributed by atoms with E-state index in [9.17, 15) is 0 Å². The molecule has 0 atom stereocenters. The molecule has 0 aliphatic rings. The zero-order chi connectivity index (χ0) is 15.5. The first kappa shape index (κ1) is 17.7. The normalized spacial score (nSPS) is 11.3. The van der Waals surface area contributed by atoms with E-state index in [0.717, 1.165) is 43.5 Å². The van der Waals surface area contributed by atoms with Crippen molar-refractivity contribution in [2.24, 2.45) is 4.99 Å². The van der Waals surface area contributed by atoms with E-state index in [0.29, 0.717) is 0 Å². The fraction of sp³-hybridized carbons (Fsp3) is 0.562. The lowest BCUT2D eigenvalue weighted by atomic mass is 10.2. The Morgan fingerprint density at radius 1 is 1.33 bits per heavy atom. The Morgan fingerprint density at radius 2 is 2.05 bits per heavy atom. The number of nitrogens with zero attached hydrogens (tertiary/aromatic N) is 2.